The maximum Gasteiger partial charge on any atom is 0.293 e. The molecule has 1 aromatic heterocycles. The Morgan fingerprint density at radius 3 is 2.56 bits per heavy atom. The van der Waals surface area contributed by atoms with Gasteiger partial charge in [0.1, 0.15) is 5.52 Å². The van der Waals surface area contributed by atoms with Crippen molar-refractivity contribution >= 4 is 16.6 Å². The van der Waals surface area contributed by atoms with Crippen LogP contribution in [0.5, 0.6) is 0 Å². The summed E-state index contributed by atoms with van der Waals surface area (Å²) < 4.78 is 7.20. The highest BCUT2D eigenvalue weighted by molar-refractivity contribution is 5.97. The molecule has 6 nitrogen and oxygen atoms in total. The fourth-order valence-electron chi connectivity index (χ4n) is 3.27. The van der Waals surface area contributed by atoms with Crippen molar-refractivity contribution in [2.24, 2.45) is 7.05 Å². The molecule has 3 rings (SSSR count). The summed E-state index contributed by atoms with van der Waals surface area (Å²) >= 11 is 0. The minimum atomic E-state index is -0.381. The van der Waals surface area contributed by atoms with E-state index in [0.717, 1.165) is 16.8 Å². The molecule has 0 aliphatic rings. The van der Waals surface area contributed by atoms with Crippen molar-refractivity contribution in [3.05, 3.63) is 63.7 Å². The van der Waals surface area contributed by atoms with Gasteiger partial charge in [-0.05, 0) is 24.1 Å². The molecular weight excluding hydrogens is 320 g/mol. The number of hydrogen-bond acceptors (Lipinski definition) is 4. The largest absolute Gasteiger partial charge is 0.392 e. The van der Waals surface area contributed by atoms with E-state index in [1.807, 2.05) is 43.3 Å². The van der Waals surface area contributed by atoms with Crippen LogP contribution < -0.4 is 0 Å². The van der Waals surface area contributed by atoms with Gasteiger partial charge in [-0.2, -0.15) is 0 Å². The van der Waals surface area contributed by atoms with Gasteiger partial charge in [-0.1, -0.05) is 30.3 Å². The van der Waals surface area contributed by atoms with Crippen LogP contribution in [0, 0.1) is 10.1 Å². The van der Waals surface area contributed by atoms with Gasteiger partial charge in [-0.3, -0.25) is 10.1 Å². The molecule has 130 valence electrons. The Kier molecular flexibility index (Phi) is 4.83. The van der Waals surface area contributed by atoms with Crippen molar-refractivity contribution in [2.45, 2.75) is 20.1 Å². The number of aromatic nitrogens is 1. The molecule has 0 fully saturated rings. The maximum absolute atomic E-state index is 11.6. The highest BCUT2D eigenvalue weighted by Crippen LogP contribution is 2.38. The number of non-ortho nitro benzene ring substituents is 1. The zero-order valence-electron chi connectivity index (χ0n) is 14.2. The van der Waals surface area contributed by atoms with Gasteiger partial charge < -0.3 is 14.4 Å². The highest BCUT2D eigenvalue weighted by atomic mass is 16.6. The quantitative estimate of drug-likeness (QED) is 0.547. The van der Waals surface area contributed by atoms with Gasteiger partial charge in [-0.25, -0.2) is 0 Å². The Hall–Kier alpha value is -2.70. The number of nitro benzene ring substituents is 1. The predicted molar refractivity (Wildman–Crippen MR) is 96.3 cm³/mol. The molecule has 0 radical (unpaired) electrons. The van der Waals surface area contributed by atoms with Crippen LogP contribution in [-0.2, 0) is 25.0 Å². The van der Waals surface area contributed by atoms with Crippen LogP contribution in [-0.4, -0.2) is 21.2 Å². The lowest BCUT2D eigenvalue weighted by Gasteiger charge is -2.06. The smallest absolute Gasteiger partial charge is 0.293 e. The summed E-state index contributed by atoms with van der Waals surface area (Å²) in [6.45, 7) is 2.51. The molecule has 0 aliphatic carbocycles. The third-order valence-corrected chi connectivity index (χ3v) is 4.31. The molecule has 0 unspecified atom stereocenters. The number of hydrogen-bond donors (Lipinski definition) is 1. The number of ether oxygens (including phenoxy) is 1. The first-order valence-electron chi connectivity index (χ1n) is 8.11. The fourth-order valence-corrected chi connectivity index (χ4v) is 3.27. The summed E-state index contributed by atoms with van der Waals surface area (Å²) in [5.41, 5.74) is 3.63. The maximum atomic E-state index is 11.6. The van der Waals surface area contributed by atoms with Crippen LogP contribution in [0.4, 0.5) is 5.69 Å². The average molecular weight is 340 g/mol. The summed E-state index contributed by atoms with van der Waals surface area (Å²) in [6.07, 6.45) is 0. The first-order chi connectivity index (χ1) is 12.1. The van der Waals surface area contributed by atoms with E-state index in [9.17, 15) is 15.2 Å². The van der Waals surface area contributed by atoms with E-state index in [-0.39, 0.29) is 17.2 Å². The fraction of sp³-hybridized carbons (Fsp3) is 0.263. The van der Waals surface area contributed by atoms with Gasteiger partial charge in [0.2, 0.25) is 0 Å². The van der Waals surface area contributed by atoms with Crippen LogP contribution in [0.1, 0.15) is 18.1 Å². The second-order valence-corrected chi connectivity index (χ2v) is 5.82. The zero-order chi connectivity index (χ0) is 18.0. The van der Waals surface area contributed by atoms with E-state index >= 15 is 0 Å². The molecule has 0 saturated carbocycles. The summed E-state index contributed by atoms with van der Waals surface area (Å²) in [5.74, 6) is 0. The van der Waals surface area contributed by atoms with E-state index in [0.29, 0.717) is 29.7 Å². The van der Waals surface area contributed by atoms with Gasteiger partial charge in [-0.15, -0.1) is 0 Å². The first-order valence-corrected chi connectivity index (χ1v) is 8.11. The van der Waals surface area contributed by atoms with E-state index in [1.165, 1.54) is 0 Å². The monoisotopic (exact) mass is 340 g/mol. The predicted octanol–water partition coefficient (Wildman–Crippen LogP) is 3.78. The van der Waals surface area contributed by atoms with E-state index < -0.39 is 0 Å². The van der Waals surface area contributed by atoms with Crippen LogP contribution in [0.3, 0.4) is 0 Å². The van der Waals surface area contributed by atoms with Crippen molar-refractivity contribution in [3.8, 4) is 11.3 Å². The Labute approximate surface area is 145 Å². The number of aryl methyl sites for hydroxylation is 1. The van der Waals surface area contributed by atoms with Gasteiger partial charge in [0.05, 0.1) is 23.8 Å². The van der Waals surface area contributed by atoms with E-state index in [2.05, 4.69) is 0 Å². The molecule has 0 spiro atoms. The van der Waals surface area contributed by atoms with E-state index in [1.54, 1.807) is 17.7 Å². The van der Waals surface area contributed by atoms with Gasteiger partial charge >= 0.3 is 0 Å². The second-order valence-electron chi connectivity index (χ2n) is 5.82. The topological polar surface area (TPSA) is 77.5 Å². The molecule has 2 aromatic carbocycles. The summed E-state index contributed by atoms with van der Waals surface area (Å²) in [6, 6.07) is 13.0. The average Bonchev–Trinajstić information content (AvgIpc) is 2.91. The molecule has 1 N–H and O–H groups in total. The minimum Gasteiger partial charge on any atom is -0.392 e. The minimum absolute atomic E-state index is 0.0200. The Morgan fingerprint density at radius 1 is 1.24 bits per heavy atom. The van der Waals surface area contributed by atoms with Gasteiger partial charge in [0.15, 0.2) is 0 Å². The zero-order valence-corrected chi connectivity index (χ0v) is 14.2. The van der Waals surface area contributed by atoms with Crippen molar-refractivity contribution in [3.63, 3.8) is 0 Å². The highest BCUT2D eigenvalue weighted by Gasteiger charge is 2.24. The van der Waals surface area contributed by atoms with Crippen LogP contribution in [0.25, 0.3) is 22.2 Å². The Morgan fingerprint density at radius 2 is 1.96 bits per heavy atom. The van der Waals surface area contributed by atoms with Crippen molar-refractivity contribution in [1.29, 1.82) is 0 Å². The lowest BCUT2D eigenvalue weighted by Crippen LogP contribution is -1.98. The number of aliphatic hydroxyl groups excluding tert-OH is 1. The lowest BCUT2D eigenvalue weighted by atomic mass is 10.0. The number of nitro groups is 1. The second kappa shape index (κ2) is 7.04. The van der Waals surface area contributed by atoms with Crippen molar-refractivity contribution < 1.29 is 14.8 Å². The van der Waals surface area contributed by atoms with Crippen molar-refractivity contribution in [2.75, 3.05) is 6.61 Å². The van der Waals surface area contributed by atoms with Crippen LogP contribution in [0.2, 0.25) is 0 Å². The first kappa shape index (κ1) is 17.1. The third kappa shape index (κ3) is 3.01. The molecule has 0 atom stereocenters. The Balaban J connectivity index is 2.34. The number of benzene rings is 2. The number of nitrogens with zero attached hydrogens (tertiary/aromatic N) is 2. The van der Waals surface area contributed by atoms with E-state index in [4.69, 9.17) is 4.74 Å². The normalized spacial score (nSPS) is 11.2. The molecule has 6 heteroatoms. The molecule has 3 aromatic rings. The summed E-state index contributed by atoms with van der Waals surface area (Å²) in [7, 11) is 1.79. The van der Waals surface area contributed by atoms with Crippen molar-refractivity contribution in [1.82, 2.24) is 4.57 Å². The molecule has 0 amide bonds. The molecule has 1 heterocycles. The Bertz CT molecular complexity index is 916. The molecule has 0 bridgehead atoms. The standard InChI is InChI=1S/C19H20N2O4/c1-3-25-12-13-9-15-16(11-22)18(14-7-5-4-6-8-14)20(2)19(15)17(10-13)21(23)24/h4-10,22H,3,11-12H2,1-2H3. The molecule has 25 heavy (non-hydrogen) atoms. The summed E-state index contributed by atoms with van der Waals surface area (Å²) in [5, 5.41) is 22.3. The summed E-state index contributed by atoms with van der Waals surface area (Å²) in [4.78, 5) is 11.2. The lowest BCUT2D eigenvalue weighted by molar-refractivity contribution is -0.383. The SMILES string of the molecule is CCOCc1cc([N+](=O)[O-])c2c(c1)c(CO)c(-c1ccccc1)n2C. The number of rotatable bonds is 6. The third-order valence-electron chi connectivity index (χ3n) is 4.31. The molecular formula is C19H20N2O4. The number of fused-ring (bicyclic) bond motifs is 1. The molecule has 0 saturated heterocycles. The van der Waals surface area contributed by atoms with Gasteiger partial charge in [0.25, 0.3) is 5.69 Å². The number of aliphatic hydroxyl groups is 1. The van der Waals surface area contributed by atoms with Gasteiger partial charge in [0, 0.05) is 30.7 Å². The molecule has 0 aliphatic heterocycles. The van der Waals surface area contributed by atoms with Crippen LogP contribution in [0.15, 0.2) is 42.5 Å². The van der Waals surface area contributed by atoms with Crippen LogP contribution >= 0.6 is 0 Å².